The highest BCUT2D eigenvalue weighted by molar-refractivity contribution is 7.80. The maximum absolute atomic E-state index is 12.2. The molecule has 1 aliphatic heterocycles. The fraction of sp³-hybridized carbons (Fsp3) is 0.833. The molecule has 1 saturated heterocycles. The van der Waals surface area contributed by atoms with Gasteiger partial charge in [0.25, 0.3) is 0 Å². The zero-order valence-corrected chi connectivity index (χ0v) is 10.8. The molecule has 2 rings (SSSR count). The highest BCUT2D eigenvalue weighted by Crippen LogP contribution is 2.52. The molecule has 0 bridgehead atoms. The Balaban J connectivity index is 1.95. The summed E-state index contributed by atoms with van der Waals surface area (Å²) in [6.45, 7) is 5.93. The van der Waals surface area contributed by atoms with E-state index < -0.39 is 0 Å². The average Bonchev–Trinajstić information content (AvgIpc) is 2.87. The summed E-state index contributed by atoms with van der Waals surface area (Å²) in [5, 5.41) is 0. The second-order valence-electron chi connectivity index (χ2n) is 5.77. The highest BCUT2D eigenvalue weighted by Gasteiger charge is 2.52. The summed E-state index contributed by atoms with van der Waals surface area (Å²) in [5.74, 6) is 0.776. The van der Waals surface area contributed by atoms with Crippen LogP contribution in [0.1, 0.15) is 33.1 Å². The standard InChI is InChI=1S/C12H20N2OS/c1-12(2)6-9(12)11(15)14-5-3-4-8(7-14)10(13)16/h8-9H,3-7H2,1-2H3,(H2,13,16). The summed E-state index contributed by atoms with van der Waals surface area (Å²) in [6.07, 6.45) is 3.09. The largest absolute Gasteiger partial charge is 0.393 e. The molecule has 4 heteroatoms. The van der Waals surface area contributed by atoms with Crippen molar-refractivity contribution in [2.24, 2.45) is 23.0 Å². The molecule has 0 aromatic heterocycles. The lowest BCUT2D eigenvalue weighted by atomic mass is 9.97. The van der Waals surface area contributed by atoms with Crippen molar-refractivity contribution in [2.45, 2.75) is 33.1 Å². The number of nitrogens with zero attached hydrogens (tertiary/aromatic N) is 1. The Kier molecular flexibility index (Phi) is 2.95. The number of likely N-dealkylation sites (tertiary alicyclic amines) is 1. The minimum atomic E-state index is 0.216. The maximum atomic E-state index is 12.2. The van der Waals surface area contributed by atoms with Crippen molar-refractivity contribution in [3.63, 3.8) is 0 Å². The van der Waals surface area contributed by atoms with Crippen LogP contribution in [0.2, 0.25) is 0 Å². The summed E-state index contributed by atoms with van der Waals surface area (Å²) in [5.41, 5.74) is 5.88. The topological polar surface area (TPSA) is 46.3 Å². The third-order valence-corrected chi connectivity index (χ3v) is 4.28. The number of amides is 1. The number of hydrogen-bond acceptors (Lipinski definition) is 2. The Labute approximate surface area is 102 Å². The smallest absolute Gasteiger partial charge is 0.226 e. The molecule has 90 valence electrons. The molecular weight excluding hydrogens is 220 g/mol. The van der Waals surface area contributed by atoms with Gasteiger partial charge in [-0.25, -0.2) is 0 Å². The molecule has 1 heterocycles. The second-order valence-corrected chi connectivity index (χ2v) is 6.24. The lowest BCUT2D eigenvalue weighted by Crippen LogP contribution is -2.44. The predicted molar refractivity (Wildman–Crippen MR) is 68.0 cm³/mol. The van der Waals surface area contributed by atoms with Gasteiger partial charge in [0.05, 0.1) is 4.99 Å². The van der Waals surface area contributed by atoms with Crippen molar-refractivity contribution in [1.29, 1.82) is 0 Å². The van der Waals surface area contributed by atoms with Gasteiger partial charge in [0.1, 0.15) is 0 Å². The molecule has 1 saturated carbocycles. The van der Waals surface area contributed by atoms with Gasteiger partial charge in [0.2, 0.25) is 5.91 Å². The van der Waals surface area contributed by atoms with E-state index >= 15 is 0 Å². The Hall–Kier alpha value is -0.640. The van der Waals surface area contributed by atoms with Gasteiger partial charge in [-0.1, -0.05) is 26.1 Å². The lowest BCUT2D eigenvalue weighted by molar-refractivity contribution is -0.134. The number of rotatable bonds is 2. The van der Waals surface area contributed by atoms with Crippen LogP contribution in [0.25, 0.3) is 0 Å². The minimum absolute atomic E-state index is 0.216. The first-order chi connectivity index (χ1) is 7.42. The fourth-order valence-corrected chi connectivity index (χ4v) is 2.71. The zero-order chi connectivity index (χ0) is 11.9. The Morgan fingerprint density at radius 2 is 2.12 bits per heavy atom. The Morgan fingerprint density at radius 3 is 2.62 bits per heavy atom. The van der Waals surface area contributed by atoms with Crippen LogP contribution in [0.15, 0.2) is 0 Å². The number of hydrogen-bond donors (Lipinski definition) is 1. The number of carbonyl (C=O) groups excluding carboxylic acids is 1. The van der Waals surface area contributed by atoms with Gasteiger partial charge < -0.3 is 10.6 Å². The summed E-state index contributed by atoms with van der Waals surface area (Å²) in [7, 11) is 0. The third-order valence-electron chi connectivity index (χ3n) is 3.95. The van der Waals surface area contributed by atoms with E-state index in [-0.39, 0.29) is 17.3 Å². The third kappa shape index (κ3) is 2.21. The van der Waals surface area contributed by atoms with E-state index in [4.69, 9.17) is 18.0 Å². The van der Waals surface area contributed by atoms with E-state index in [0.717, 1.165) is 32.4 Å². The summed E-state index contributed by atoms with van der Waals surface area (Å²) < 4.78 is 0. The minimum Gasteiger partial charge on any atom is -0.393 e. The van der Waals surface area contributed by atoms with Crippen LogP contribution in [0.4, 0.5) is 0 Å². The number of thiocarbonyl (C=S) groups is 1. The van der Waals surface area contributed by atoms with E-state index in [9.17, 15) is 4.79 Å². The van der Waals surface area contributed by atoms with Crippen LogP contribution in [-0.4, -0.2) is 28.9 Å². The van der Waals surface area contributed by atoms with Gasteiger partial charge >= 0.3 is 0 Å². The van der Waals surface area contributed by atoms with Crippen molar-refractivity contribution < 1.29 is 4.79 Å². The van der Waals surface area contributed by atoms with E-state index in [0.29, 0.717) is 10.9 Å². The van der Waals surface area contributed by atoms with Crippen LogP contribution < -0.4 is 5.73 Å². The molecular formula is C12H20N2OS. The molecule has 0 spiro atoms. The van der Waals surface area contributed by atoms with Crippen molar-refractivity contribution >= 4 is 23.1 Å². The first kappa shape index (κ1) is 11.8. The van der Waals surface area contributed by atoms with E-state index in [1.807, 2.05) is 4.90 Å². The first-order valence-corrected chi connectivity index (χ1v) is 6.41. The van der Waals surface area contributed by atoms with Crippen molar-refractivity contribution in [3.05, 3.63) is 0 Å². The molecule has 16 heavy (non-hydrogen) atoms. The Morgan fingerprint density at radius 1 is 1.50 bits per heavy atom. The Bertz CT molecular complexity index is 327. The van der Waals surface area contributed by atoms with Gasteiger partial charge in [0.15, 0.2) is 0 Å². The second kappa shape index (κ2) is 3.99. The van der Waals surface area contributed by atoms with Crippen LogP contribution >= 0.6 is 12.2 Å². The number of piperidine rings is 1. The number of carbonyl (C=O) groups is 1. The van der Waals surface area contributed by atoms with Gasteiger partial charge in [0, 0.05) is 24.9 Å². The van der Waals surface area contributed by atoms with Crippen LogP contribution in [0, 0.1) is 17.3 Å². The zero-order valence-electron chi connectivity index (χ0n) is 10.0. The molecule has 2 aliphatic rings. The quantitative estimate of drug-likeness (QED) is 0.745. The molecule has 2 fully saturated rings. The maximum Gasteiger partial charge on any atom is 0.226 e. The van der Waals surface area contributed by atoms with Crippen molar-refractivity contribution in [2.75, 3.05) is 13.1 Å². The highest BCUT2D eigenvalue weighted by atomic mass is 32.1. The molecule has 2 atom stereocenters. The molecule has 2 N–H and O–H groups in total. The van der Waals surface area contributed by atoms with Crippen molar-refractivity contribution in [1.82, 2.24) is 4.90 Å². The average molecular weight is 240 g/mol. The monoisotopic (exact) mass is 240 g/mol. The van der Waals surface area contributed by atoms with E-state index in [1.54, 1.807) is 0 Å². The predicted octanol–water partition coefficient (Wildman–Crippen LogP) is 1.56. The molecule has 3 nitrogen and oxygen atoms in total. The summed E-state index contributed by atoms with van der Waals surface area (Å²) in [6, 6.07) is 0. The van der Waals surface area contributed by atoms with Gasteiger partial charge in [-0.05, 0) is 24.7 Å². The van der Waals surface area contributed by atoms with Crippen LogP contribution in [0.3, 0.4) is 0 Å². The lowest BCUT2D eigenvalue weighted by Gasteiger charge is -2.32. The normalized spacial score (nSPS) is 32.2. The van der Waals surface area contributed by atoms with E-state index in [2.05, 4.69) is 13.8 Å². The van der Waals surface area contributed by atoms with E-state index in [1.165, 1.54) is 0 Å². The van der Waals surface area contributed by atoms with Crippen molar-refractivity contribution in [3.8, 4) is 0 Å². The molecule has 0 aromatic rings. The fourth-order valence-electron chi connectivity index (χ4n) is 2.52. The van der Waals surface area contributed by atoms with Gasteiger partial charge in [-0.3, -0.25) is 4.79 Å². The first-order valence-electron chi connectivity index (χ1n) is 6.00. The van der Waals surface area contributed by atoms with Crippen LogP contribution in [0.5, 0.6) is 0 Å². The summed E-state index contributed by atoms with van der Waals surface area (Å²) in [4.78, 5) is 14.7. The molecule has 1 amide bonds. The molecule has 2 unspecified atom stereocenters. The molecule has 0 radical (unpaired) electrons. The number of nitrogens with two attached hydrogens (primary N) is 1. The molecule has 0 aromatic carbocycles. The van der Waals surface area contributed by atoms with Crippen LogP contribution in [-0.2, 0) is 4.79 Å². The van der Waals surface area contributed by atoms with Gasteiger partial charge in [-0.2, -0.15) is 0 Å². The SMILES string of the molecule is CC1(C)CC1C(=O)N1CCCC(C(N)=S)C1. The van der Waals surface area contributed by atoms with Gasteiger partial charge in [-0.15, -0.1) is 0 Å². The summed E-state index contributed by atoms with van der Waals surface area (Å²) >= 11 is 5.02. The molecule has 1 aliphatic carbocycles.